The maximum absolute atomic E-state index is 5.62. The van der Waals surface area contributed by atoms with Gasteiger partial charge in [0.2, 0.25) is 0 Å². The van der Waals surface area contributed by atoms with Crippen LogP contribution in [-0.2, 0) is 11.2 Å². The molecule has 0 fully saturated rings. The zero-order valence-electron chi connectivity index (χ0n) is 10.4. The molecule has 0 bridgehead atoms. The Morgan fingerprint density at radius 1 is 1.29 bits per heavy atom. The van der Waals surface area contributed by atoms with Gasteiger partial charge in [0, 0.05) is 0 Å². The van der Waals surface area contributed by atoms with Crippen molar-refractivity contribution in [3.63, 3.8) is 0 Å². The molecule has 0 saturated carbocycles. The summed E-state index contributed by atoms with van der Waals surface area (Å²) in [5.41, 5.74) is 6.73. The molecule has 0 amide bonds. The van der Waals surface area contributed by atoms with Crippen LogP contribution in [-0.4, -0.2) is 25.9 Å². The summed E-state index contributed by atoms with van der Waals surface area (Å²) in [5, 5.41) is 0. The third-order valence-electron chi connectivity index (χ3n) is 2.22. The minimum atomic E-state index is 0.244. The van der Waals surface area contributed by atoms with Gasteiger partial charge in [0.1, 0.15) is 12.4 Å². The molecule has 0 spiro atoms. The second-order valence-corrected chi connectivity index (χ2v) is 4.93. The van der Waals surface area contributed by atoms with Gasteiger partial charge in [0.25, 0.3) is 0 Å². The second-order valence-electron chi connectivity index (χ2n) is 4.07. The standard InChI is InChI=1S/C13H20BrNO2/c1-10(2)16-7-8-17-13-4-3-11(5-6-15)9-12(13)14/h3-4,9-10H,5-8,15H2,1-2H3. The zero-order valence-corrected chi connectivity index (χ0v) is 12.0. The Bertz CT molecular complexity index is 342. The van der Waals surface area contributed by atoms with E-state index in [9.17, 15) is 0 Å². The Morgan fingerprint density at radius 2 is 2.06 bits per heavy atom. The van der Waals surface area contributed by atoms with Gasteiger partial charge in [-0.2, -0.15) is 0 Å². The fourth-order valence-electron chi connectivity index (χ4n) is 1.42. The molecule has 96 valence electrons. The Balaban J connectivity index is 2.43. The van der Waals surface area contributed by atoms with Gasteiger partial charge in [-0.3, -0.25) is 0 Å². The zero-order chi connectivity index (χ0) is 12.7. The predicted molar refractivity (Wildman–Crippen MR) is 73.5 cm³/mol. The number of hydrogen-bond acceptors (Lipinski definition) is 3. The maximum atomic E-state index is 5.62. The summed E-state index contributed by atoms with van der Waals surface area (Å²) in [6.45, 7) is 5.85. The van der Waals surface area contributed by atoms with Crippen molar-refractivity contribution in [2.24, 2.45) is 5.73 Å². The van der Waals surface area contributed by atoms with Gasteiger partial charge >= 0.3 is 0 Å². The van der Waals surface area contributed by atoms with E-state index in [0.29, 0.717) is 19.8 Å². The highest BCUT2D eigenvalue weighted by Gasteiger charge is 2.02. The fraction of sp³-hybridized carbons (Fsp3) is 0.538. The lowest BCUT2D eigenvalue weighted by Gasteiger charge is -2.11. The molecule has 0 radical (unpaired) electrons. The molecule has 17 heavy (non-hydrogen) atoms. The third kappa shape index (κ3) is 5.52. The van der Waals surface area contributed by atoms with Crippen LogP contribution >= 0.6 is 15.9 Å². The van der Waals surface area contributed by atoms with Crippen LogP contribution in [0, 0.1) is 0 Å². The molecule has 0 unspecified atom stereocenters. The van der Waals surface area contributed by atoms with Crippen LogP contribution < -0.4 is 10.5 Å². The first-order chi connectivity index (χ1) is 8.13. The molecule has 0 aliphatic heterocycles. The average Bonchev–Trinajstić information content (AvgIpc) is 2.27. The first-order valence-electron chi connectivity index (χ1n) is 5.86. The van der Waals surface area contributed by atoms with E-state index in [4.69, 9.17) is 15.2 Å². The molecule has 4 heteroatoms. The van der Waals surface area contributed by atoms with Crippen molar-refractivity contribution in [1.29, 1.82) is 0 Å². The van der Waals surface area contributed by atoms with E-state index in [0.717, 1.165) is 16.6 Å². The molecule has 2 N–H and O–H groups in total. The number of benzene rings is 1. The van der Waals surface area contributed by atoms with Crippen molar-refractivity contribution < 1.29 is 9.47 Å². The molecule has 1 aromatic rings. The van der Waals surface area contributed by atoms with E-state index in [1.54, 1.807) is 0 Å². The second kappa shape index (κ2) is 7.69. The quantitative estimate of drug-likeness (QED) is 0.788. The topological polar surface area (TPSA) is 44.5 Å². The molecule has 3 nitrogen and oxygen atoms in total. The Morgan fingerprint density at radius 3 is 2.65 bits per heavy atom. The molecule has 1 aromatic carbocycles. The molecule has 0 aromatic heterocycles. The van der Waals surface area contributed by atoms with E-state index in [1.807, 2.05) is 32.0 Å². The van der Waals surface area contributed by atoms with Gasteiger partial charge in [-0.25, -0.2) is 0 Å². The first-order valence-corrected chi connectivity index (χ1v) is 6.65. The number of hydrogen-bond donors (Lipinski definition) is 1. The summed E-state index contributed by atoms with van der Waals surface area (Å²) in [6.07, 6.45) is 1.13. The highest BCUT2D eigenvalue weighted by molar-refractivity contribution is 9.10. The van der Waals surface area contributed by atoms with Gasteiger partial charge < -0.3 is 15.2 Å². The third-order valence-corrected chi connectivity index (χ3v) is 2.84. The molecule has 0 saturated heterocycles. The number of halogens is 1. The van der Waals surface area contributed by atoms with Crippen LogP contribution in [0.5, 0.6) is 5.75 Å². The predicted octanol–water partition coefficient (Wildman–Crippen LogP) is 2.75. The van der Waals surface area contributed by atoms with Gasteiger partial charge in [0.15, 0.2) is 0 Å². The monoisotopic (exact) mass is 301 g/mol. The number of rotatable bonds is 7. The van der Waals surface area contributed by atoms with E-state index < -0.39 is 0 Å². The van der Waals surface area contributed by atoms with Crippen molar-refractivity contribution in [1.82, 2.24) is 0 Å². The van der Waals surface area contributed by atoms with Crippen LogP contribution in [0.4, 0.5) is 0 Å². The van der Waals surface area contributed by atoms with E-state index >= 15 is 0 Å². The Kier molecular flexibility index (Phi) is 6.55. The summed E-state index contributed by atoms with van der Waals surface area (Å²) >= 11 is 3.49. The lowest BCUT2D eigenvalue weighted by atomic mass is 10.1. The van der Waals surface area contributed by atoms with Crippen molar-refractivity contribution in [3.8, 4) is 5.75 Å². The lowest BCUT2D eigenvalue weighted by Crippen LogP contribution is -2.11. The summed E-state index contributed by atoms with van der Waals surface area (Å²) in [6, 6.07) is 6.05. The van der Waals surface area contributed by atoms with Crippen LogP contribution in [0.2, 0.25) is 0 Å². The smallest absolute Gasteiger partial charge is 0.133 e. The minimum absolute atomic E-state index is 0.244. The normalized spacial score (nSPS) is 10.9. The van der Waals surface area contributed by atoms with Crippen LogP contribution in [0.1, 0.15) is 19.4 Å². The minimum Gasteiger partial charge on any atom is -0.490 e. The Hall–Kier alpha value is -0.580. The molecule has 0 atom stereocenters. The average molecular weight is 302 g/mol. The van der Waals surface area contributed by atoms with Crippen LogP contribution in [0.25, 0.3) is 0 Å². The van der Waals surface area contributed by atoms with Crippen LogP contribution in [0.15, 0.2) is 22.7 Å². The summed E-state index contributed by atoms with van der Waals surface area (Å²) in [4.78, 5) is 0. The first kappa shape index (κ1) is 14.5. The SMILES string of the molecule is CC(C)OCCOc1ccc(CCN)cc1Br. The highest BCUT2D eigenvalue weighted by atomic mass is 79.9. The lowest BCUT2D eigenvalue weighted by molar-refractivity contribution is 0.0551. The summed E-state index contributed by atoms with van der Waals surface area (Å²) < 4.78 is 12.0. The van der Waals surface area contributed by atoms with Crippen LogP contribution in [0.3, 0.4) is 0 Å². The molecule has 1 rings (SSSR count). The Labute approximate surface area is 111 Å². The molecular formula is C13H20BrNO2. The molecule has 0 heterocycles. The van der Waals surface area contributed by atoms with Crippen molar-refractivity contribution >= 4 is 15.9 Å². The number of ether oxygens (including phenoxy) is 2. The van der Waals surface area contributed by atoms with Crippen molar-refractivity contribution in [3.05, 3.63) is 28.2 Å². The fourth-order valence-corrected chi connectivity index (χ4v) is 1.96. The summed E-state index contributed by atoms with van der Waals surface area (Å²) in [7, 11) is 0. The largest absolute Gasteiger partial charge is 0.490 e. The maximum Gasteiger partial charge on any atom is 0.133 e. The van der Waals surface area contributed by atoms with Gasteiger partial charge in [-0.15, -0.1) is 0 Å². The van der Waals surface area contributed by atoms with Gasteiger partial charge in [-0.1, -0.05) is 6.07 Å². The van der Waals surface area contributed by atoms with Crippen molar-refractivity contribution in [2.45, 2.75) is 26.4 Å². The molecule has 0 aliphatic rings. The molecular weight excluding hydrogens is 282 g/mol. The number of nitrogens with two attached hydrogens (primary N) is 1. The van der Waals surface area contributed by atoms with E-state index in [-0.39, 0.29) is 6.10 Å². The summed E-state index contributed by atoms with van der Waals surface area (Å²) in [5.74, 6) is 0.845. The highest BCUT2D eigenvalue weighted by Crippen LogP contribution is 2.26. The van der Waals surface area contributed by atoms with Gasteiger partial charge in [-0.05, 0) is 60.4 Å². The van der Waals surface area contributed by atoms with E-state index in [1.165, 1.54) is 5.56 Å². The van der Waals surface area contributed by atoms with Gasteiger partial charge in [0.05, 0.1) is 17.2 Å². The molecule has 0 aliphatic carbocycles. The van der Waals surface area contributed by atoms with Crippen molar-refractivity contribution in [2.75, 3.05) is 19.8 Å². The van der Waals surface area contributed by atoms with E-state index in [2.05, 4.69) is 15.9 Å².